The minimum Gasteiger partial charge on any atom is -0.481 e. The monoisotopic (exact) mass is 194 g/mol. The summed E-state index contributed by atoms with van der Waals surface area (Å²) < 4.78 is 10.1. The SMILES string of the molecule is COc1cc(CNC2COC2)ccn1. The fourth-order valence-electron chi connectivity index (χ4n) is 1.29. The summed E-state index contributed by atoms with van der Waals surface area (Å²) in [5.41, 5.74) is 1.18. The van der Waals surface area contributed by atoms with Gasteiger partial charge in [0.25, 0.3) is 0 Å². The maximum absolute atomic E-state index is 5.07. The highest BCUT2D eigenvalue weighted by Gasteiger charge is 2.16. The molecule has 1 aliphatic heterocycles. The van der Waals surface area contributed by atoms with Gasteiger partial charge in [-0.25, -0.2) is 4.98 Å². The third-order valence-electron chi connectivity index (χ3n) is 2.24. The van der Waals surface area contributed by atoms with Gasteiger partial charge in [-0.2, -0.15) is 0 Å². The van der Waals surface area contributed by atoms with Crippen LogP contribution >= 0.6 is 0 Å². The highest BCUT2D eigenvalue weighted by atomic mass is 16.5. The second kappa shape index (κ2) is 4.39. The topological polar surface area (TPSA) is 43.4 Å². The maximum atomic E-state index is 5.07. The van der Waals surface area contributed by atoms with E-state index >= 15 is 0 Å². The zero-order valence-electron chi connectivity index (χ0n) is 8.19. The van der Waals surface area contributed by atoms with Crippen LogP contribution in [0.15, 0.2) is 18.3 Å². The van der Waals surface area contributed by atoms with Crippen molar-refractivity contribution in [2.45, 2.75) is 12.6 Å². The largest absolute Gasteiger partial charge is 0.481 e. The zero-order chi connectivity index (χ0) is 9.80. The summed E-state index contributed by atoms with van der Waals surface area (Å²) in [6.07, 6.45) is 1.76. The predicted octanol–water partition coefficient (Wildman–Crippen LogP) is 0.579. The molecule has 0 unspecified atom stereocenters. The number of ether oxygens (including phenoxy) is 2. The average Bonchev–Trinajstić information content (AvgIpc) is 2.16. The predicted molar refractivity (Wildman–Crippen MR) is 52.2 cm³/mol. The van der Waals surface area contributed by atoms with Crippen molar-refractivity contribution < 1.29 is 9.47 Å². The number of rotatable bonds is 4. The molecule has 0 bridgehead atoms. The van der Waals surface area contributed by atoms with Gasteiger partial charge in [-0.15, -0.1) is 0 Å². The number of nitrogens with zero attached hydrogens (tertiary/aromatic N) is 1. The van der Waals surface area contributed by atoms with Gasteiger partial charge in [-0.3, -0.25) is 0 Å². The molecule has 0 atom stereocenters. The molecular formula is C10H14N2O2. The van der Waals surface area contributed by atoms with Gasteiger partial charge < -0.3 is 14.8 Å². The second-order valence-electron chi connectivity index (χ2n) is 3.32. The standard InChI is InChI=1S/C10H14N2O2/c1-13-10-4-8(2-3-11-10)5-12-9-6-14-7-9/h2-4,9,12H,5-7H2,1H3. The summed E-state index contributed by atoms with van der Waals surface area (Å²) in [4.78, 5) is 4.04. The Kier molecular flexibility index (Phi) is 2.96. The van der Waals surface area contributed by atoms with Crippen LogP contribution in [0.2, 0.25) is 0 Å². The summed E-state index contributed by atoms with van der Waals surface area (Å²) in [5, 5.41) is 3.38. The molecule has 0 saturated carbocycles. The first-order chi connectivity index (χ1) is 6.88. The van der Waals surface area contributed by atoms with Crippen molar-refractivity contribution in [3.8, 4) is 5.88 Å². The molecule has 1 aromatic rings. The molecule has 1 N–H and O–H groups in total. The van der Waals surface area contributed by atoms with Crippen LogP contribution in [0.4, 0.5) is 0 Å². The quantitative estimate of drug-likeness (QED) is 0.761. The van der Waals surface area contributed by atoms with Crippen molar-refractivity contribution >= 4 is 0 Å². The number of nitrogens with one attached hydrogen (secondary N) is 1. The van der Waals surface area contributed by atoms with Gasteiger partial charge in [-0.05, 0) is 11.6 Å². The van der Waals surface area contributed by atoms with Gasteiger partial charge in [0.05, 0.1) is 26.4 Å². The third kappa shape index (κ3) is 2.21. The first-order valence-corrected chi connectivity index (χ1v) is 4.68. The molecule has 1 aromatic heterocycles. The van der Waals surface area contributed by atoms with E-state index in [1.165, 1.54) is 5.56 Å². The van der Waals surface area contributed by atoms with Crippen molar-refractivity contribution in [3.05, 3.63) is 23.9 Å². The van der Waals surface area contributed by atoms with Gasteiger partial charge >= 0.3 is 0 Å². The van der Waals surface area contributed by atoms with Crippen LogP contribution in [0.3, 0.4) is 0 Å². The molecule has 1 aliphatic rings. The Morgan fingerprint density at radius 3 is 3.14 bits per heavy atom. The summed E-state index contributed by atoms with van der Waals surface area (Å²) in [6, 6.07) is 4.43. The number of hydrogen-bond acceptors (Lipinski definition) is 4. The summed E-state index contributed by atoms with van der Waals surface area (Å²) in [7, 11) is 1.62. The number of methoxy groups -OCH3 is 1. The van der Waals surface area contributed by atoms with E-state index in [1.807, 2.05) is 12.1 Å². The van der Waals surface area contributed by atoms with Crippen molar-refractivity contribution in [1.29, 1.82) is 0 Å². The Labute approximate surface area is 83.2 Å². The zero-order valence-corrected chi connectivity index (χ0v) is 8.19. The van der Waals surface area contributed by atoms with E-state index < -0.39 is 0 Å². The van der Waals surface area contributed by atoms with Gasteiger partial charge in [0, 0.05) is 18.8 Å². The average molecular weight is 194 g/mol. The van der Waals surface area contributed by atoms with Crippen molar-refractivity contribution in [2.24, 2.45) is 0 Å². The molecule has 0 aromatic carbocycles. The van der Waals surface area contributed by atoms with Gasteiger partial charge in [0.15, 0.2) is 0 Å². The third-order valence-corrected chi connectivity index (χ3v) is 2.24. The molecule has 0 spiro atoms. The van der Waals surface area contributed by atoms with Gasteiger partial charge in [0.2, 0.25) is 5.88 Å². The highest BCUT2D eigenvalue weighted by molar-refractivity contribution is 5.20. The van der Waals surface area contributed by atoms with Crippen LogP contribution in [0, 0.1) is 0 Å². The van der Waals surface area contributed by atoms with Crippen LogP contribution in [-0.4, -0.2) is 31.3 Å². The van der Waals surface area contributed by atoms with Crippen molar-refractivity contribution in [1.82, 2.24) is 10.3 Å². The second-order valence-corrected chi connectivity index (χ2v) is 3.32. The summed E-state index contributed by atoms with van der Waals surface area (Å²) >= 11 is 0. The number of pyridine rings is 1. The molecule has 76 valence electrons. The maximum Gasteiger partial charge on any atom is 0.213 e. The molecule has 1 fully saturated rings. The molecular weight excluding hydrogens is 180 g/mol. The summed E-state index contributed by atoms with van der Waals surface area (Å²) in [6.45, 7) is 2.48. The van der Waals surface area contributed by atoms with Crippen LogP contribution < -0.4 is 10.1 Å². The minimum absolute atomic E-state index is 0.508. The first kappa shape index (κ1) is 9.43. The number of hydrogen-bond donors (Lipinski definition) is 1. The van der Waals surface area contributed by atoms with Gasteiger partial charge in [-0.1, -0.05) is 0 Å². The Balaban J connectivity index is 1.87. The lowest BCUT2D eigenvalue weighted by Crippen LogP contribution is -2.45. The van der Waals surface area contributed by atoms with E-state index in [-0.39, 0.29) is 0 Å². The van der Waals surface area contributed by atoms with E-state index in [9.17, 15) is 0 Å². The first-order valence-electron chi connectivity index (χ1n) is 4.68. The fraction of sp³-hybridized carbons (Fsp3) is 0.500. The van der Waals surface area contributed by atoms with Crippen molar-refractivity contribution in [3.63, 3.8) is 0 Å². The molecule has 0 radical (unpaired) electrons. The van der Waals surface area contributed by atoms with Crippen LogP contribution in [-0.2, 0) is 11.3 Å². The Hall–Kier alpha value is -1.13. The number of aromatic nitrogens is 1. The van der Waals surface area contributed by atoms with E-state index in [4.69, 9.17) is 9.47 Å². The fourth-order valence-corrected chi connectivity index (χ4v) is 1.29. The van der Waals surface area contributed by atoms with Crippen LogP contribution in [0.1, 0.15) is 5.56 Å². The van der Waals surface area contributed by atoms with Crippen molar-refractivity contribution in [2.75, 3.05) is 20.3 Å². The molecule has 4 nitrogen and oxygen atoms in total. The molecule has 14 heavy (non-hydrogen) atoms. The Morgan fingerprint density at radius 2 is 2.50 bits per heavy atom. The molecule has 4 heteroatoms. The summed E-state index contributed by atoms with van der Waals surface area (Å²) in [5.74, 6) is 0.661. The van der Waals surface area contributed by atoms with Crippen LogP contribution in [0.5, 0.6) is 5.88 Å². The van der Waals surface area contributed by atoms with Gasteiger partial charge in [0.1, 0.15) is 0 Å². The Bertz CT molecular complexity index is 300. The molecule has 2 rings (SSSR count). The molecule has 2 heterocycles. The highest BCUT2D eigenvalue weighted by Crippen LogP contribution is 2.09. The Morgan fingerprint density at radius 1 is 1.64 bits per heavy atom. The van der Waals surface area contributed by atoms with E-state index in [1.54, 1.807) is 13.3 Å². The molecule has 0 amide bonds. The normalized spacial score (nSPS) is 16.4. The minimum atomic E-state index is 0.508. The lowest BCUT2D eigenvalue weighted by molar-refractivity contribution is -0.00579. The van der Waals surface area contributed by atoms with E-state index in [0.717, 1.165) is 19.8 Å². The molecule has 0 aliphatic carbocycles. The lowest BCUT2D eigenvalue weighted by Gasteiger charge is -2.26. The smallest absolute Gasteiger partial charge is 0.213 e. The van der Waals surface area contributed by atoms with E-state index in [2.05, 4.69) is 10.3 Å². The van der Waals surface area contributed by atoms with Crippen LogP contribution in [0.25, 0.3) is 0 Å². The molecule has 1 saturated heterocycles. The van der Waals surface area contributed by atoms with E-state index in [0.29, 0.717) is 11.9 Å². The lowest BCUT2D eigenvalue weighted by atomic mass is 10.2.